The fourth-order valence-electron chi connectivity index (χ4n) is 3.47. The van der Waals surface area contributed by atoms with E-state index in [2.05, 4.69) is 38.5 Å². The van der Waals surface area contributed by atoms with Gasteiger partial charge in [-0.25, -0.2) is 15.0 Å². The van der Waals surface area contributed by atoms with Gasteiger partial charge in [-0.3, -0.25) is 0 Å². The Balaban J connectivity index is 1.52. The molecule has 0 amide bonds. The number of nitrogens with two attached hydrogens (primary N) is 1. The summed E-state index contributed by atoms with van der Waals surface area (Å²) in [5, 5.41) is 3.66. The van der Waals surface area contributed by atoms with Crippen LogP contribution < -0.4 is 11.1 Å². The van der Waals surface area contributed by atoms with Crippen LogP contribution in [0.4, 0.5) is 11.8 Å². The zero-order chi connectivity index (χ0) is 17.5. The first-order valence-corrected chi connectivity index (χ1v) is 9.16. The molecule has 5 rings (SSSR count). The second-order valence-corrected chi connectivity index (χ2v) is 7.21. The number of rotatable bonds is 4. The number of hydrogen-bond acceptors (Lipinski definition) is 7. The van der Waals surface area contributed by atoms with E-state index in [1.807, 2.05) is 0 Å². The number of aromatic nitrogens is 3. The van der Waals surface area contributed by atoms with Crippen LogP contribution in [0.15, 0.2) is 24.7 Å². The summed E-state index contributed by atoms with van der Waals surface area (Å²) in [5.74, 6) is 1.26. The third kappa shape index (κ3) is 2.78. The molecule has 0 atom stereocenters. The first kappa shape index (κ1) is 15.6. The van der Waals surface area contributed by atoms with Gasteiger partial charge in [0.05, 0.1) is 24.9 Å². The van der Waals surface area contributed by atoms with E-state index in [0.717, 1.165) is 36.8 Å². The minimum atomic E-state index is 0.276. The van der Waals surface area contributed by atoms with Crippen molar-refractivity contribution in [1.29, 1.82) is 0 Å². The lowest BCUT2D eigenvalue weighted by atomic mass is 9.92. The molecule has 4 heterocycles. The topological polar surface area (TPSA) is 89.2 Å². The molecular weight excluding hydrogens is 328 g/mol. The Morgan fingerprint density at radius 2 is 2.00 bits per heavy atom. The Labute approximate surface area is 152 Å². The summed E-state index contributed by atoms with van der Waals surface area (Å²) in [5.41, 5.74) is 9.82. The quantitative estimate of drug-likeness (QED) is 0.874. The molecule has 2 aromatic heterocycles. The average molecular weight is 350 g/mol. The standard InChI is InChI=1S/C19H22N6O/c20-19-21-7-13(8-22-19)17-6-12-4-5-25(15-10-26-11-15)9-16(12)18(24-17)23-14-2-1-3-14/h4-8,14-15H,1-3,9-11H2,(H,23,24)(H2,20,21,22). The molecule has 2 fully saturated rings. The van der Waals surface area contributed by atoms with E-state index in [1.165, 1.54) is 30.4 Å². The lowest BCUT2D eigenvalue weighted by Gasteiger charge is -2.39. The van der Waals surface area contributed by atoms with Gasteiger partial charge in [0.2, 0.25) is 5.95 Å². The maximum atomic E-state index is 5.62. The lowest BCUT2D eigenvalue weighted by molar-refractivity contribution is -0.0511. The number of nitrogen functional groups attached to an aromatic ring is 1. The number of pyridine rings is 1. The minimum Gasteiger partial charge on any atom is -0.377 e. The van der Waals surface area contributed by atoms with Crippen LogP contribution in [0, 0.1) is 0 Å². The smallest absolute Gasteiger partial charge is 0.219 e. The predicted octanol–water partition coefficient (Wildman–Crippen LogP) is 2.27. The van der Waals surface area contributed by atoms with E-state index in [-0.39, 0.29) is 5.95 Å². The van der Waals surface area contributed by atoms with Gasteiger partial charge in [-0.05, 0) is 37.0 Å². The van der Waals surface area contributed by atoms with Crippen molar-refractivity contribution in [2.45, 2.75) is 37.9 Å². The summed E-state index contributed by atoms with van der Waals surface area (Å²) in [6, 6.07) is 3.11. The fourth-order valence-corrected chi connectivity index (χ4v) is 3.47. The highest BCUT2D eigenvalue weighted by Crippen LogP contribution is 2.33. The van der Waals surface area contributed by atoms with Crippen molar-refractivity contribution < 1.29 is 4.74 Å². The molecule has 0 spiro atoms. The largest absolute Gasteiger partial charge is 0.377 e. The van der Waals surface area contributed by atoms with Gasteiger partial charge in [0.1, 0.15) is 5.82 Å². The third-order valence-electron chi connectivity index (χ3n) is 5.45. The molecular formula is C19H22N6O. The van der Waals surface area contributed by atoms with Crippen LogP contribution in [-0.2, 0) is 11.3 Å². The molecule has 1 saturated carbocycles. The molecule has 7 nitrogen and oxygen atoms in total. The molecule has 7 heteroatoms. The monoisotopic (exact) mass is 350 g/mol. The van der Waals surface area contributed by atoms with Crippen LogP contribution in [0.1, 0.15) is 30.4 Å². The molecule has 134 valence electrons. The fraction of sp³-hybridized carbons (Fsp3) is 0.421. The normalized spacial score (nSPS) is 19.6. The molecule has 1 saturated heterocycles. The molecule has 26 heavy (non-hydrogen) atoms. The lowest BCUT2D eigenvalue weighted by Crippen LogP contribution is -2.46. The van der Waals surface area contributed by atoms with E-state index in [0.29, 0.717) is 12.1 Å². The van der Waals surface area contributed by atoms with Crippen LogP contribution in [-0.4, -0.2) is 45.1 Å². The summed E-state index contributed by atoms with van der Waals surface area (Å²) >= 11 is 0. The third-order valence-corrected chi connectivity index (χ3v) is 5.45. The van der Waals surface area contributed by atoms with Crippen molar-refractivity contribution in [2.75, 3.05) is 24.3 Å². The Hall–Kier alpha value is -2.67. The van der Waals surface area contributed by atoms with Gasteiger partial charge in [-0.2, -0.15) is 0 Å². The Bertz CT molecular complexity index is 842. The van der Waals surface area contributed by atoms with Crippen molar-refractivity contribution in [3.05, 3.63) is 35.8 Å². The maximum absolute atomic E-state index is 5.62. The highest BCUT2D eigenvalue weighted by atomic mass is 16.5. The van der Waals surface area contributed by atoms with Gasteiger partial charge in [0, 0.05) is 42.3 Å². The van der Waals surface area contributed by atoms with E-state index < -0.39 is 0 Å². The molecule has 3 aliphatic rings. The number of ether oxygens (including phenoxy) is 1. The van der Waals surface area contributed by atoms with Gasteiger partial charge >= 0.3 is 0 Å². The molecule has 3 N–H and O–H groups in total. The summed E-state index contributed by atoms with van der Waals surface area (Å²) in [6.45, 7) is 2.47. The number of nitrogens with one attached hydrogen (secondary N) is 1. The number of nitrogens with zero attached hydrogens (tertiary/aromatic N) is 4. The van der Waals surface area contributed by atoms with E-state index in [1.54, 1.807) is 12.4 Å². The SMILES string of the molecule is Nc1ncc(-c2cc3c(c(NC4CCC4)n2)CN(C2COC2)C=C3)cn1. The summed E-state index contributed by atoms with van der Waals surface area (Å²) in [4.78, 5) is 15.5. The van der Waals surface area contributed by atoms with Crippen LogP contribution in [0.2, 0.25) is 0 Å². The van der Waals surface area contributed by atoms with Gasteiger partial charge in [0.15, 0.2) is 0 Å². The van der Waals surface area contributed by atoms with Gasteiger partial charge in [-0.1, -0.05) is 0 Å². The second kappa shape index (κ2) is 6.25. The predicted molar refractivity (Wildman–Crippen MR) is 100 cm³/mol. The van der Waals surface area contributed by atoms with Crippen molar-refractivity contribution in [1.82, 2.24) is 19.9 Å². The van der Waals surface area contributed by atoms with Crippen LogP contribution in [0.5, 0.6) is 0 Å². The minimum absolute atomic E-state index is 0.276. The first-order valence-electron chi connectivity index (χ1n) is 9.16. The van der Waals surface area contributed by atoms with Crippen LogP contribution in [0.3, 0.4) is 0 Å². The molecule has 2 aromatic rings. The Morgan fingerprint density at radius 1 is 1.19 bits per heavy atom. The molecule has 1 aliphatic carbocycles. The summed E-state index contributed by atoms with van der Waals surface area (Å²) in [6.07, 6.45) is 11.5. The first-order chi connectivity index (χ1) is 12.8. The van der Waals surface area contributed by atoms with Crippen molar-refractivity contribution >= 4 is 17.8 Å². The zero-order valence-corrected chi connectivity index (χ0v) is 14.6. The average Bonchev–Trinajstić information content (AvgIpc) is 2.57. The number of fused-ring (bicyclic) bond motifs is 1. The Kier molecular flexibility index (Phi) is 3.74. The maximum Gasteiger partial charge on any atom is 0.219 e. The van der Waals surface area contributed by atoms with Gasteiger partial charge < -0.3 is 20.7 Å². The molecule has 0 bridgehead atoms. The number of hydrogen-bond donors (Lipinski definition) is 2. The highest BCUT2D eigenvalue weighted by molar-refractivity contribution is 5.71. The highest BCUT2D eigenvalue weighted by Gasteiger charge is 2.28. The molecule has 2 aliphatic heterocycles. The van der Waals surface area contributed by atoms with E-state index >= 15 is 0 Å². The summed E-state index contributed by atoms with van der Waals surface area (Å²) in [7, 11) is 0. The van der Waals surface area contributed by atoms with E-state index in [4.69, 9.17) is 15.5 Å². The molecule has 0 aromatic carbocycles. The number of anilines is 2. The van der Waals surface area contributed by atoms with Crippen molar-refractivity contribution in [3.8, 4) is 11.3 Å². The van der Waals surface area contributed by atoms with Crippen LogP contribution in [0.25, 0.3) is 17.3 Å². The second-order valence-electron chi connectivity index (χ2n) is 7.21. The zero-order valence-electron chi connectivity index (χ0n) is 14.6. The summed E-state index contributed by atoms with van der Waals surface area (Å²) < 4.78 is 5.35. The van der Waals surface area contributed by atoms with Gasteiger partial charge in [-0.15, -0.1) is 0 Å². The Morgan fingerprint density at radius 3 is 2.65 bits per heavy atom. The van der Waals surface area contributed by atoms with Gasteiger partial charge in [0.25, 0.3) is 0 Å². The van der Waals surface area contributed by atoms with E-state index in [9.17, 15) is 0 Å². The molecule has 0 radical (unpaired) electrons. The van der Waals surface area contributed by atoms with Crippen molar-refractivity contribution in [3.63, 3.8) is 0 Å². The molecule has 0 unspecified atom stereocenters. The van der Waals surface area contributed by atoms with Crippen LogP contribution >= 0.6 is 0 Å². The van der Waals surface area contributed by atoms with Crippen molar-refractivity contribution in [2.24, 2.45) is 0 Å².